The normalized spacial score (nSPS) is 10.8. The summed E-state index contributed by atoms with van der Waals surface area (Å²) in [5.74, 6) is 0.975. The quantitative estimate of drug-likeness (QED) is 0.790. The van der Waals surface area contributed by atoms with E-state index in [1.165, 1.54) is 0 Å². The minimum absolute atomic E-state index is 0.702. The van der Waals surface area contributed by atoms with E-state index in [9.17, 15) is 5.26 Å². The molecule has 1 aromatic carbocycles. The molecule has 0 aliphatic heterocycles. The van der Waals surface area contributed by atoms with Crippen LogP contribution >= 0.6 is 11.8 Å². The SMILES string of the molecule is CN(C)CCSc1cc(C#N)c2ccccc2n1. The van der Waals surface area contributed by atoms with E-state index < -0.39 is 0 Å². The number of hydrogen-bond acceptors (Lipinski definition) is 4. The summed E-state index contributed by atoms with van der Waals surface area (Å²) in [6, 6.07) is 11.9. The van der Waals surface area contributed by atoms with E-state index >= 15 is 0 Å². The van der Waals surface area contributed by atoms with E-state index in [-0.39, 0.29) is 0 Å². The molecule has 1 aromatic heterocycles. The van der Waals surface area contributed by atoms with E-state index in [4.69, 9.17) is 0 Å². The molecule has 0 aliphatic rings. The molecule has 0 amide bonds. The van der Waals surface area contributed by atoms with Crippen molar-refractivity contribution >= 4 is 22.7 Å². The zero-order chi connectivity index (χ0) is 13.0. The molecule has 3 nitrogen and oxygen atoms in total. The lowest BCUT2D eigenvalue weighted by atomic mass is 10.1. The summed E-state index contributed by atoms with van der Waals surface area (Å²) in [7, 11) is 4.10. The molecular weight excluding hydrogens is 242 g/mol. The first kappa shape index (κ1) is 12.9. The lowest BCUT2D eigenvalue weighted by Gasteiger charge is -2.09. The molecular formula is C14H15N3S. The zero-order valence-corrected chi connectivity index (χ0v) is 11.4. The van der Waals surface area contributed by atoms with Gasteiger partial charge in [0.2, 0.25) is 0 Å². The molecule has 2 rings (SSSR count). The van der Waals surface area contributed by atoms with Gasteiger partial charge >= 0.3 is 0 Å². The van der Waals surface area contributed by atoms with Crippen LogP contribution in [0.3, 0.4) is 0 Å². The van der Waals surface area contributed by atoms with Crippen molar-refractivity contribution in [3.8, 4) is 6.07 Å². The van der Waals surface area contributed by atoms with Crippen molar-refractivity contribution in [2.24, 2.45) is 0 Å². The van der Waals surface area contributed by atoms with E-state index in [1.807, 2.05) is 30.3 Å². The summed E-state index contributed by atoms with van der Waals surface area (Å²) in [6.07, 6.45) is 0. The van der Waals surface area contributed by atoms with Gasteiger partial charge in [0.15, 0.2) is 0 Å². The zero-order valence-electron chi connectivity index (χ0n) is 10.6. The van der Waals surface area contributed by atoms with Gasteiger partial charge in [-0.1, -0.05) is 18.2 Å². The standard InChI is InChI=1S/C14H15N3S/c1-17(2)7-8-18-14-9-11(10-15)12-5-3-4-6-13(12)16-14/h3-6,9H,7-8H2,1-2H3. The molecule has 1 heterocycles. The smallest absolute Gasteiger partial charge is 0.0999 e. The molecule has 0 spiro atoms. The summed E-state index contributed by atoms with van der Waals surface area (Å²) < 4.78 is 0. The van der Waals surface area contributed by atoms with Gasteiger partial charge in [0.1, 0.15) is 0 Å². The third-order valence-electron chi connectivity index (χ3n) is 2.60. The average Bonchev–Trinajstić information content (AvgIpc) is 2.37. The monoisotopic (exact) mass is 257 g/mol. The van der Waals surface area contributed by atoms with Gasteiger partial charge in [0.05, 0.1) is 22.2 Å². The number of aromatic nitrogens is 1. The predicted molar refractivity (Wildman–Crippen MR) is 75.7 cm³/mol. The molecule has 0 N–H and O–H groups in total. The minimum atomic E-state index is 0.702. The van der Waals surface area contributed by atoms with E-state index in [0.717, 1.165) is 28.2 Å². The van der Waals surface area contributed by atoms with Crippen LogP contribution < -0.4 is 0 Å². The fourth-order valence-corrected chi connectivity index (χ4v) is 2.68. The fraction of sp³-hybridized carbons (Fsp3) is 0.286. The van der Waals surface area contributed by atoms with Crippen molar-refractivity contribution in [3.05, 3.63) is 35.9 Å². The summed E-state index contributed by atoms with van der Waals surface area (Å²) >= 11 is 1.69. The van der Waals surface area contributed by atoms with Crippen molar-refractivity contribution in [2.75, 3.05) is 26.4 Å². The third kappa shape index (κ3) is 3.00. The lowest BCUT2D eigenvalue weighted by Crippen LogP contribution is -2.14. The van der Waals surface area contributed by atoms with Crippen molar-refractivity contribution in [1.29, 1.82) is 5.26 Å². The Bertz CT molecular complexity index is 587. The van der Waals surface area contributed by atoms with Crippen molar-refractivity contribution in [1.82, 2.24) is 9.88 Å². The molecule has 18 heavy (non-hydrogen) atoms. The number of hydrogen-bond donors (Lipinski definition) is 0. The molecule has 0 saturated carbocycles. The highest BCUT2D eigenvalue weighted by atomic mass is 32.2. The Balaban J connectivity index is 2.27. The molecule has 0 unspecified atom stereocenters. The third-order valence-corrected chi connectivity index (χ3v) is 3.49. The molecule has 0 bridgehead atoms. The van der Waals surface area contributed by atoms with Crippen LogP contribution in [0.1, 0.15) is 5.56 Å². The molecule has 2 aromatic rings. The van der Waals surface area contributed by atoms with Gasteiger partial charge in [0.25, 0.3) is 0 Å². The highest BCUT2D eigenvalue weighted by Crippen LogP contribution is 2.23. The second-order valence-corrected chi connectivity index (χ2v) is 5.40. The number of nitrogens with zero attached hydrogens (tertiary/aromatic N) is 3. The Hall–Kier alpha value is -1.57. The fourth-order valence-electron chi connectivity index (χ4n) is 1.65. The first-order valence-corrected chi connectivity index (χ1v) is 6.76. The second-order valence-electron chi connectivity index (χ2n) is 4.29. The Morgan fingerprint density at radius 2 is 2.11 bits per heavy atom. The maximum Gasteiger partial charge on any atom is 0.0999 e. The van der Waals surface area contributed by atoms with Crippen LogP contribution in [0.2, 0.25) is 0 Å². The summed E-state index contributed by atoms with van der Waals surface area (Å²) in [5, 5.41) is 11.0. The molecule has 92 valence electrons. The van der Waals surface area contributed by atoms with Gasteiger partial charge < -0.3 is 4.90 Å². The largest absolute Gasteiger partial charge is 0.309 e. The number of fused-ring (bicyclic) bond motifs is 1. The minimum Gasteiger partial charge on any atom is -0.309 e. The second kappa shape index (κ2) is 5.85. The van der Waals surface area contributed by atoms with Gasteiger partial charge in [-0.25, -0.2) is 4.98 Å². The predicted octanol–water partition coefficient (Wildman–Crippen LogP) is 2.76. The number of thioether (sulfide) groups is 1. The van der Waals surface area contributed by atoms with Crippen LogP contribution in [-0.4, -0.2) is 36.3 Å². The summed E-state index contributed by atoms with van der Waals surface area (Å²) in [5.41, 5.74) is 1.59. The van der Waals surface area contributed by atoms with Crippen LogP contribution in [0.4, 0.5) is 0 Å². The highest BCUT2D eigenvalue weighted by Gasteiger charge is 2.05. The maximum absolute atomic E-state index is 9.18. The number of nitriles is 1. The average molecular weight is 257 g/mol. The molecule has 0 fully saturated rings. The summed E-state index contributed by atoms with van der Waals surface area (Å²) in [6.45, 7) is 1.00. The number of para-hydroxylation sites is 1. The molecule has 4 heteroatoms. The topological polar surface area (TPSA) is 39.9 Å². The van der Waals surface area contributed by atoms with Crippen LogP contribution in [0.5, 0.6) is 0 Å². The Morgan fingerprint density at radius 1 is 1.33 bits per heavy atom. The van der Waals surface area contributed by atoms with E-state index in [2.05, 4.69) is 30.0 Å². The number of rotatable bonds is 4. The molecule has 0 atom stereocenters. The van der Waals surface area contributed by atoms with Gasteiger partial charge in [-0.15, -0.1) is 11.8 Å². The van der Waals surface area contributed by atoms with E-state index in [0.29, 0.717) is 5.56 Å². The first-order chi connectivity index (χ1) is 8.70. The van der Waals surface area contributed by atoms with Gasteiger partial charge in [-0.3, -0.25) is 0 Å². The Kier molecular flexibility index (Phi) is 4.19. The van der Waals surface area contributed by atoms with Crippen LogP contribution in [-0.2, 0) is 0 Å². The highest BCUT2D eigenvalue weighted by molar-refractivity contribution is 7.99. The van der Waals surface area contributed by atoms with Crippen LogP contribution in [0.25, 0.3) is 10.9 Å². The van der Waals surface area contributed by atoms with Crippen LogP contribution in [0.15, 0.2) is 35.4 Å². The molecule has 0 aliphatic carbocycles. The van der Waals surface area contributed by atoms with Gasteiger partial charge in [-0.05, 0) is 26.2 Å². The maximum atomic E-state index is 9.18. The Labute approximate surface area is 111 Å². The van der Waals surface area contributed by atoms with Crippen molar-refractivity contribution in [3.63, 3.8) is 0 Å². The van der Waals surface area contributed by atoms with Crippen molar-refractivity contribution in [2.45, 2.75) is 5.03 Å². The number of benzene rings is 1. The first-order valence-electron chi connectivity index (χ1n) is 5.78. The van der Waals surface area contributed by atoms with Crippen molar-refractivity contribution < 1.29 is 0 Å². The lowest BCUT2D eigenvalue weighted by molar-refractivity contribution is 0.437. The van der Waals surface area contributed by atoms with Gasteiger partial charge in [0, 0.05) is 17.7 Å². The van der Waals surface area contributed by atoms with Crippen LogP contribution in [0, 0.1) is 11.3 Å². The molecule has 0 saturated heterocycles. The Morgan fingerprint density at radius 3 is 2.83 bits per heavy atom. The van der Waals surface area contributed by atoms with E-state index in [1.54, 1.807) is 11.8 Å². The number of pyridine rings is 1. The van der Waals surface area contributed by atoms with Gasteiger partial charge in [-0.2, -0.15) is 5.26 Å². The summed E-state index contributed by atoms with van der Waals surface area (Å²) in [4.78, 5) is 6.71. The molecule has 0 radical (unpaired) electrons.